The number of ether oxygens (including phenoxy) is 6. The van der Waals surface area contributed by atoms with Gasteiger partial charge in [-0.15, -0.1) is 0 Å². The van der Waals surface area contributed by atoms with E-state index in [-0.39, 0.29) is 46.5 Å². The molecule has 1 heterocycles. The Morgan fingerprint density at radius 1 is 0.833 bits per heavy atom. The quantitative estimate of drug-likeness (QED) is 0.552. The van der Waals surface area contributed by atoms with Crippen molar-refractivity contribution in [1.82, 2.24) is 0 Å². The molecule has 0 fully saturated rings. The summed E-state index contributed by atoms with van der Waals surface area (Å²) in [7, 11) is 7.14. The Hall–Kier alpha value is -3.59. The van der Waals surface area contributed by atoms with Gasteiger partial charge < -0.3 is 37.9 Å². The second-order valence-corrected chi connectivity index (χ2v) is 6.02. The first-order valence-corrected chi connectivity index (χ1v) is 8.80. The monoisotopic (exact) mass is 418 g/mol. The summed E-state index contributed by atoms with van der Waals surface area (Å²) in [6.45, 7) is -0.136. The molecule has 0 aliphatic heterocycles. The normalized spacial score (nSPS) is 10.7. The van der Waals surface area contributed by atoms with E-state index in [4.69, 9.17) is 32.8 Å². The van der Waals surface area contributed by atoms with E-state index in [2.05, 4.69) is 0 Å². The standard InChI is InChI=1S/C21H22O9/c1-24-10-29-21-17(26-3)13-14(22)15(23)16(11-6-8-12(25-2)9-7-11)30-18(13)19(27-4)20(21)28-5/h6-9,23H,10H2,1-5H3. The van der Waals surface area contributed by atoms with Crippen LogP contribution in [0.15, 0.2) is 33.5 Å². The molecule has 1 N–H and O–H groups in total. The van der Waals surface area contributed by atoms with Crippen LogP contribution in [-0.4, -0.2) is 47.4 Å². The first-order chi connectivity index (χ1) is 14.5. The topological polar surface area (TPSA) is 106 Å². The van der Waals surface area contributed by atoms with Crippen LogP contribution in [0, 0.1) is 0 Å². The zero-order valence-electron chi connectivity index (χ0n) is 17.2. The summed E-state index contributed by atoms with van der Waals surface area (Å²) in [5, 5.41) is 10.6. The van der Waals surface area contributed by atoms with Gasteiger partial charge in [-0.2, -0.15) is 0 Å². The van der Waals surface area contributed by atoms with Gasteiger partial charge in [0.05, 0.1) is 28.4 Å². The van der Waals surface area contributed by atoms with E-state index < -0.39 is 11.2 Å². The third kappa shape index (κ3) is 3.43. The Morgan fingerprint density at radius 2 is 1.47 bits per heavy atom. The molecule has 3 rings (SSSR count). The van der Waals surface area contributed by atoms with E-state index in [0.717, 1.165) is 0 Å². The lowest BCUT2D eigenvalue weighted by Crippen LogP contribution is -2.10. The molecular formula is C21H22O9. The third-order valence-electron chi connectivity index (χ3n) is 4.43. The van der Waals surface area contributed by atoms with Gasteiger partial charge in [-0.3, -0.25) is 4.79 Å². The van der Waals surface area contributed by atoms with Gasteiger partial charge in [-0.25, -0.2) is 0 Å². The number of aromatic hydroxyl groups is 1. The number of fused-ring (bicyclic) bond motifs is 1. The largest absolute Gasteiger partial charge is 0.502 e. The van der Waals surface area contributed by atoms with Crippen LogP contribution in [0.25, 0.3) is 22.3 Å². The Balaban J connectivity index is 2.40. The van der Waals surface area contributed by atoms with Gasteiger partial charge in [0.2, 0.25) is 28.4 Å². The van der Waals surface area contributed by atoms with Crippen molar-refractivity contribution in [3.05, 3.63) is 34.5 Å². The van der Waals surface area contributed by atoms with E-state index >= 15 is 0 Å². The van der Waals surface area contributed by atoms with Crippen molar-refractivity contribution in [2.24, 2.45) is 0 Å². The molecule has 0 saturated carbocycles. The summed E-state index contributed by atoms with van der Waals surface area (Å²) in [5.74, 6) is 0.334. The molecule has 0 bridgehead atoms. The molecule has 0 saturated heterocycles. The smallest absolute Gasteiger partial charge is 0.239 e. The Kier molecular flexibility index (Phi) is 6.22. The summed E-state index contributed by atoms with van der Waals surface area (Å²) in [4.78, 5) is 13.1. The predicted octanol–water partition coefficient (Wildman–Crippen LogP) is 3.18. The minimum Gasteiger partial charge on any atom is -0.502 e. The molecule has 0 spiro atoms. The molecule has 0 atom stereocenters. The fraction of sp³-hybridized carbons (Fsp3) is 0.286. The highest BCUT2D eigenvalue weighted by Gasteiger charge is 2.30. The number of benzene rings is 2. The van der Waals surface area contributed by atoms with Gasteiger partial charge in [0.15, 0.2) is 23.9 Å². The van der Waals surface area contributed by atoms with Gasteiger partial charge in [0.1, 0.15) is 11.1 Å². The summed E-state index contributed by atoms with van der Waals surface area (Å²) < 4.78 is 37.9. The maximum absolute atomic E-state index is 13.1. The van der Waals surface area contributed by atoms with Gasteiger partial charge in [-0.1, -0.05) is 0 Å². The van der Waals surface area contributed by atoms with Crippen molar-refractivity contribution < 1.29 is 37.9 Å². The van der Waals surface area contributed by atoms with Crippen molar-refractivity contribution >= 4 is 11.0 Å². The first kappa shape index (κ1) is 21.1. The van der Waals surface area contributed by atoms with Gasteiger partial charge >= 0.3 is 0 Å². The summed E-state index contributed by atoms with van der Waals surface area (Å²) >= 11 is 0. The first-order valence-electron chi connectivity index (χ1n) is 8.80. The minimum atomic E-state index is -0.720. The molecule has 9 heteroatoms. The maximum Gasteiger partial charge on any atom is 0.239 e. The lowest BCUT2D eigenvalue weighted by molar-refractivity contribution is 0.0470. The van der Waals surface area contributed by atoms with Crippen LogP contribution in [0.4, 0.5) is 0 Å². The Morgan fingerprint density at radius 3 is 2.00 bits per heavy atom. The number of rotatable bonds is 8. The fourth-order valence-corrected chi connectivity index (χ4v) is 3.07. The van der Waals surface area contributed by atoms with Crippen LogP contribution in [0.3, 0.4) is 0 Å². The summed E-state index contributed by atoms with van der Waals surface area (Å²) in [6, 6.07) is 6.66. The molecule has 0 aliphatic carbocycles. The highest BCUT2D eigenvalue weighted by molar-refractivity contribution is 5.96. The van der Waals surface area contributed by atoms with Crippen molar-refractivity contribution in [3.8, 4) is 45.8 Å². The van der Waals surface area contributed by atoms with Gasteiger partial charge in [-0.05, 0) is 24.3 Å². The predicted molar refractivity (Wildman–Crippen MR) is 108 cm³/mol. The van der Waals surface area contributed by atoms with Crippen LogP contribution in [-0.2, 0) is 4.74 Å². The van der Waals surface area contributed by atoms with Crippen molar-refractivity contribution in [2.75, 3.05) is 42.3 Å². The molecule has 160 valence electrons. The minimum absolute atomic E-state index is 0.0185. The average molecular weight is 418 g/mol. The van der Waals surface area contributed by atoms with E-state index in [1.54, 1.807) is 24.3 Å². The molecule has 1 aromatic heterocycles. The molecule has 0 radical (unpaired) electrons. The van der Waals surface area contributed by atoms with E-state index in [0.29, 0.717) is 11.3 Å². The van der Waals surface area contributed by atoms with Crippen LogP contribution in [0.5, 0.6) is 34.5 Å². The lowest BCUT2D eigenvalue weighted by atomic mass is 10.1. The number of hydrogen-bond acceptors (Lipinski definition) is 9. The number of methoxy groups -OCH3 is 5. The second kappa shape index (κ2) is 8.83. The Labute approximate surface area is 172 Å². The van der Waals surface area contributed by atoms with Gasteiger partial charge in [0.25, 0.3) is 0 Å². The molecular weight excluding hydrogens is 396 g/mol. The Bertz CT molecular complexity index is 1100. The van der Waals surface area contributed by atoms with Crippen LogP contribution in [0.1, 0.15) is 0 Å². The molecule has 0 unspecified atom stereocenters. The second-order valence-electron chi connectivity index (χ2n) is 6.02. The molecule has 0 aliphatic rings. The van der Waals surface area contributed by atoms with E-state index in [1.165, 1.54) is 35.5 Å². The van der Waals surface area contributed by atoms with Crippen LogP contribution in [0.2, 0.25) is 0 Å². The SMILES string of the molecule is COCOc1c(OC)c(OC)c2oc(-c3ccc(OC)cc3)c(O)c(=O)c2c1OC. The molecule has 2 aromatic carbocycles. The fourth-order valence-electron chi connectivity index (χ4n) is 3.07. The van der Waals surface area contributed by atoms with Gasteiger partial charge in [0, 0.05) is 12.7 Å². The average Bonchev–Trinajstić information content (AvgIpc) is 2.78. The molecule has 0 amide bonds. The molecule has 9 nitrogen and oxygen atoms in total. The van der Waals surface area contributed by atoms with E-state index in [1.807, 2.05) is 0 Å². The molecule has 3 aromatic rings. The number of hydrogen-bond donors (Lipinski definition) is 1. The lowest BCUT2D eigenvalue weighted by Gasteiger charge is -2.19. The zero-order valence-corrected chi connectivity index (χ0v) is 17.2. The van der Waals surface area contributed by atoms with Crippen molar-refractivity contribution in [3.63, 3.8) is 0 Å². The van der Waals surface area contributed by atoms with Crippen LogP contribution < -0.4 is 29.1 Å². The third-order valence-corrected chi connectivity index (χ3v) is 4.43. The zero-order chi connectivity index (χ0) is 21.8. The highest BCUT2D eigenvalue weighted by Crippen LogP contribution is 2.51. The van der Waals surface area contributed by atoms with Crippen molar-refractivity contribution in [1.29, 1.82) is 0 Å². The molecule has 30 heavy (non-hydrogen) atoms. The maximum atomic E-state index is 13.1. The van der Waals surface area contributed by atoms with Crippen LogP contribution >= 0.6 is 0 Å². The summed E-state index contributed by atoms with van der Waals surface area (Å²) in [5.41, 5.74) is -0.223. The highest BCUT2D eigenvalue weighted by atomic mass is 16.7. The van der Waals surface area contributed by atoms with Crippen molar-refractivity contribution in [2.45, 2.75) is 0 Å². The van der Waals surface area contributed by atoms with E-state index in [9.17, 15) is 9.90 Å². The summed E-state index contributed by atoms with van der Waals surface area (Å²) in [6.07, 6.45) is 0.